The molecule has 2 rings (SSSR count). The van der Waals surface area contributed by atoms with E-state index in [1.807, 2.05) is 0 Å². The minimum atomic E-state index is -2.18. The van der Waals surface area contributed by atoms with Gasteiger partial charge >= 0.3 is 11.9 Å². The van der Waals surface area contributed by atoms with Gasteiger partial charge in [0.25, 0.3) is 5.69 Å². The number of rotatable bonds is 6. The minimum Gasteiger partial charge on any atom is -0.465 e. The van der Waals surface area contributed by atoms with Gasteiger partial charge in [-0.1, -0.05) is 12.1 Å². The molecule has 1 aromatic carbocycles. The van der Waals surface area contributed by atoms with Gasteiger partial charge in [-0.15, -0.1) is 0 Å². The molecule has 0 bridgehead atoms. The fourth-order valence-corrected chi connectivity index (χ4v) is 3.25. The van der Waals surface area contributed by atoms with Crippen LogP contribution in [0.1, 0.15) is 25.3 Å². The van der Waals surface area contributed by atoms with E-state index < -0.39 is 33.6 Å². The van der Waals surface area contributed by atoms with Crippen molar-refractivity contribution in [2.45, 2.75) is 19.8 Å². The molecule has 134 valence electrons. The third kappa shape index (κ3) is 2.37. The van der Waals surface area contributed by atoms with E-state index in [1.165, 1.54) is 32.0 Å². The van der Waals surface area contributed by atoms with Gasteiger partial charge in [-0.05, 0) is 19.4 Å². The fraction of sp³-hybridized carbons (Fsp3) is 0.412. The normalized spacial score (nSPS) is 18.7. The van der Waals surface area contributed by atoms with Crippen LogP contribution in [0.15, 0.2) is 24.3 Å². The molecule has 9 nitrogen and oxygen atoms in total. The third-order valence-electron chi connectivity index (χ3n) is 4.37. The first-order valence-corrected chi connectivity index (χ1v) is 7.78. The van der Waals surface area contributed by atoms with E-state index in [0.717, 1.165) is 6.07 Å². The maximum atomic E-state index is 12.6. The Balaban J connectivity index is 2.69. The van der Waals surface area contributed by atoms with E-state index in [4.69, 9.17) is 9.47 Å². The molecule has 1 saturated carbocycles. The van der Waals surface area contributed by atoms with Crippen LogP contribution in [0.5, 0.6) is 0 Å². The molecule has 1 aliphatic carbocycles. The zero-order chi connectivity index (χ0) is 19.5. The Morgan fingerprint density at radius 3 is 2.15 bits per heavy atom. The summed E-state index contributed by atoms with van der Waals surface area (Å²) >= 11 is 0. The monoisotopic (exact) mass is 357 g/mol. The van der Waals surface area contributed by atoms with Crippen LogP contribution in [0.3, 0.4) is 0 Å². The van der Waals surface area contributed by atoms with Crippen molar-refractivity contribution >= 4 is 17.6 Å². The lowest BCUT2D eigenvalue weighted by molar-refractivity contribution is -0.384. The molecule has 0 aromatic heterocycles. The second-order valence-electron chi connectivity index (χ2n) is 5.57. The molecule has 0 spiro atoms. The van der Waals surface area contributed by atoms with E-state index in [2.05, 4.69) is 0 Å². The number of nitro groups is 1. The maximum Gasteiger partial charge on any atom is 0.327 e. The summed E-state index contributed by atoms with van der Waals surface area (Å²) in [5, 5.41) is 30.3. The number of esters is 2. The van der Waals surface area contributed by atoms with Gasteiger partial charge in [-0.2, -0.15) is 10.5 Å². The zero-order valence-electron chi connectivity index (χ0n) is 14.1. The largest absolute Gasteiger partial charge is 0.465 e. The molecule has 1 aromatic rings. The summed E-state index contributed by atoms with van der Waals surface area (Å²) in [5.41, 5.74) is -4.40. The number of carbonyl (C=O) groups excluding carboxylic acids is 2. The first-order chi connectivity index (χ1) is 12.4. The Kier molecular flexibility index (Phi) is 4.94. The number of hydrogen-bond acceptors (Lipinski definition) is 8. The lowest BCUT2D eigenvalue weighted by atomic mass is 9.95. The van der Waals surface area contributed by atoms with Gasteiger partial charge in [-0.3, -0.25) is 19.7 Å². The summed E-state index contributed by atoms with van der Waals surface area (Å²) in [6.45, 7) is 2.88. The molecule has 26 heavy (non-hydrogen) atoms. The van der Waals surface area contributed by atoms with Crippen LogP contribution in [0, 0.1) is 43.6 Å². The van der Waals surface area contributed by atoms with Crippen molar-refractivity contribution in [3.05, 3.63) is 39.9 Å². The zero-order valence-corrected chi connectivity index (χ0v) is 14.1. The molecule has 0 N–H and O–H groups in total. The quantitative estimate of drug-likeness (QED) is 0.324. The second kappa shape index (κ2) is 6.81. The molecular weight excluding hydrogens is 342 g/mol. The van der Waals surface area contributed by atoms with E-state index in [-0.39, 0.29) is 24.5 Å². The summed E-state index contributed by atoms with van der Waals surface area (Å²) in [6, 6.07) is 8.60. The Morgan fingerprint density at radius 1 is 1.19 bits per heavy atom. The number of hydrogen-bond donors (Lipinski definition) is 0. The van der Waals surface area contributed by atoms with Crippen molar-refractivity contribution in [1.82, 2.24) is 0 Å². The molecule has 0 radical (unpaired) electrons. The van der Waals surface area contributed by atoms with Crippen LogP contribution in [-0.2, 0) is 19.1 Å². The number of nitrogens with zero attached hydrogens (tertiary/aromatic N) is 3. The Bertz CT molecular complexity index is 819. The molecule has 0 saturated heterocycles. The highest BCUT2D eigenvalue weighted by molar-refractivity contribution is 6.09. The SMILES string of the molecule is CCOC(=O)C1(C(=O)OCC)C(c2cccc([N+](=O)[O-])c2)C1(C#N)C#N. The topological polar surface area (TPSA) is 143 Å². The molecule has 0 amide bonds. The molecular formula is C17H15N3O6. The summed E-state index contributed by atoms with van der Waals surface area (Å²) in [5.74, 6) is -3.35. The number of benzene rings is 1. The van der Waals surface area contributed by atoms with Crippen molar-refractivity contribution in [2.75, 3.05) is 13.2 Å². The highest BCUT2D eigenvalue weighted by Gasteiger charge is 2.89. The van der Waals surface area contributed by atoms with Gasteiger partial charge in [-0.25, -0.2) is 0 Å². The van der Waals surface area contributed by atoms with Gasteiger partial charge in [0.05, 0.1) is 30.3 Å². The summed E-state index contributed by atoms with van der Waals surface area (Å²) < 4.78 is 9.90. The molecule has 0 aliphatic heterocycles. The predicted octanol–water partition coefficient (Wildman–Crippen LogP) is 1.84. The first-order valence-electron chi connectivity index (χ1n) is 7.78. The minimum absolute atomic E-state index is 0.0748. The van der Waals surface area contributed by atoms with Crippen LogP contribution in [0.4, 0.5) is 5.69 Å². The van der Waals surface area contributed by atoms with Gasteiger partial charge < -0.3 is 9.47 Å². The number of nitro benzene ring substituents is 1. The lowest BCUT2D eigenvalue weighted by Gasteiger charge is -2.15. The Hall–Kier alpha value is -3.46. The summed E-state index contributed by atoms with van der Waals surface area (Å²) in [4.78, 5) is 35.6. The van der Waals surface area contributed by atoms with Gasteiger partial charge in [0.2, 0.25) is 5.41 Å². The standard InChI is InChI=1S/C17H15N3O6/c1-3-25-14(21)17(15(22)26-4-2)13(16(17,9-18)10-19)11-6-5-7-12(8-11)20(23)24/h5-8,13H,3-4H2,1-2H3. The van der Waals surface area contributed by atoms with Crippen LogP contribution in [0.2, 0.25) is 0 Å². The van der Waals surface area contributed by atoms with Crippen LogP contribution in [0.25, 0.3) is 0 Å². The highest BCUT2D eigenvalue weighted by atomic mass is 16.6. The van der Waals surface area contributed by atoms with Crippen LogP contribution in [-0.4, -0.2) is 30.1 Å². The Morgan fingerprint density at radius 2 is 1.73 bits per heavy atom. The molecule has 9 heteroatoms. The Labute approximate surface area is 148 Å². The highest BCUT2D eigenvalue weighted by Crippen LogP contribution is 2.75. The number of non-ortho nitro benzene ring substituents is 1. The fourth-order valence-electron chi connectivity index (χ4n) is 3.25. The van der Waals surface area contributed by atoms with E-state index in [0.29, 0.717) is 0 Å². The number of nitriles is 2. The van der Waals surface area contributed by atoms with Crippen LogP contribution >= 0.6 is 0 Å². The summed E-state index contributed by atoms with van der Waals surface area (Å²) in [7, 11) is 0. The first kappa shape index (κ1) is 18.9. The van der Waals surface area contributed by atoms with Gasteiger partial charge in [0.15, 0.2) is 5.41 Å². The van der Waals surface area contributed by atoms with Crippen LogP contribution < -0.4 is 0 Å². The summed E-state index contributed by atoms with van der Waals surface area (Å²) in [6.07, 6.45) is 0. The predicted molar refractivity (Wildman–Crippen MR) is 85.2 cm³/mol. The number of carbonyl (C=O) groups is 2. The molecule has 0 heterocycles. The van der Waals surface area contributed by atoms with E-state index in [1.54, 1.807) is 12.1 Å². The molecule has 1 aliphatic rings. The smallest absolute Gasteiger partial charge is 0.327 e. The second-order valence-corrected chi connectivity index (χ2v) is 5.57. The van der Waals surface area contributed by atoms with Crippen molar-refractivity contribution in [3.8, 4) is 12.1 Å². The van der Waals surface area contributed by atoms with Gasteiger partial charge in [0, 0.05) is 18.1 Å². The number of ether oxygens (including phenoxy) is 2. The van der Waals surface area contributed by atoms with Gasteiger partial charge in [0.1, 0.15) is 0 Å². The third-order valence-corrected chi connectivity index (χ3v) is 4.37. The van der Waals surface area contributed by atoms with Crippen molar-refractivity contribution in [3.63, 3.8) is 0 Å². The molecule has 1 fully saturated rings. The average molecular weight is 357 g/mol. The lowest BCUT2D eigenvalue weighted by Crippen LogP contribution is -2.35. The van der Waals surface area contributed by atoms with E-state index in [9.17, 15) is 30.2 Å². The average Bonchev–Trinajstić information content (AvgIpc) is 3.27. The van der Waals surface area contributed by atoms with E-state index >= 15 is 0 Å². The molecule has 1 unspecified atom stereocenters. The van der Waals surface area contributed by atoms with Crippen molar-refractivity contribution in [2.24, 2.45) is 10.8 Å². The van der Waals surface area contributed by atoms with Crippen molar-refractivity contribution in [1.29, 1.82) is 10.5 Å². The van der Waals surface area contributed by atoms with Crippen molar-refractivity contribution < 1.29 is 24.0 Å². The molecule has 1 atom stereocenters. The maximum absolute atomic E-state index is 12.6.